The minimum Gasteiger partial charge on any atom is -0.383 e. The summed E-state index contributed by atoms with van der Waals surface area (Å²) in [6.45, 7) is 7.85. The fourth-order valence-electron chi connectivity index (χ4n) is 2.13. The molecule has 0 radical (unpaired) electrons. The lowest BCUT2D eigenvalue weighted by molar-refractivity contribution is -0.384. The first kappa shape index (κ1) is 17.4. The Kier molecular flexibility index (Phi) is 7.71. The Labute approximate surface area is 126 Å². The maximum absolute atomic E-state index is 11.2. The maximum Gasteiger partial charge on any atom is 0.292 e. The van der Waals surface area contributed by atoms with E-state index in [4.69, 9.17) is 4.74 Å². The monoisotopic (exact) mass is 295 g/mol. The van der Waals surface area contributed by atoms with E-state index in [2.05, 4.69) is 17.1 Å². The van der Waals surface area contributed by atoms with Gasteiger partial charge in [-0.25, -0.2) is 0 Å². The number of para-hydroxylation sites is 1. The van der Waals surface area contributed by atoms with E-state index < -0.39 is 0 Å². The van der Waals surface area contributed by atoms with E-state index in [0.717, 1.165) is 31.6 Å². The number of nitro benzene ring substituents is 1. The summed E-state index contributed by atoms with van der Waals surface area (Å²) < 4.78 is 5.10. The van der Waals surface area contributed by atoms with Crippen LogP contribution in [0.3, 0.4) is 0 Å². The molecule has 0 atom stereocenters. The molecule has 1 N–H and O–H groups in total. The molecule has 0 heterocycles. The standard InChI is InChI=1S/C15H25N3O3/c1-4-9-16-15-13(7-6-8-14(15)18(19)20)12-17(5-2)10-11-21-3/h6-8,16H,4-5,9-12H2,1-3H3. The smallest absolute Gasteiger partial charge is 0.292 e. The van der Waals surface area contributed by atoms with Crippen LogP contribution in [0.25, 0.3) is 0 Å². The van der Waals surface area contributed by atoms with Crippen LogP contribution in [0.2, 0.25) is 0 Å². The first-order valence-electron chi connectivity index (χ1n) is 7.35. The molecule has 1 aromatic rings. The summed E-state index contributed by atoms with van der Waals surface area (Å²) in [4.78, 5) is 13.1. The van der Waals surface area contributed by atoms with Crippen LogP contribution in [0.1, 0.15) is 25.8 Å². The topological polar surface area (TPSA) is 67.6 Å². The van der Waals surface area contributed by atoms with Crippen molar-refractivity contribution >= 4 is 11.4 Å². The van der Waals surface area contributed by atoms with Gasteiger partial charge in [0.15, 0.2) is 0 Å². The highest BCUT2D eigenvalue weighted by atomic mass is 16.6. The molecule has 1 aromatic carbocycles. The van der Waals surface area contributed by atoms with E-state index in [-0.39, 0.29) is 10.6 Å². The molecule has 0 aliphatic rings. The number of ether oxygens (including phenoxy) is 1. The van der Waals surface area contributed by atoms with Crippen molar-refractivity contribution in [3.63, 3.8) is 0 Å². The Bertz CT molecular complexity index is 452. The van der Waals surface area contributed by atoms with Crippen LogP contribution in [0.5, 0.6) is 0 Å². The number of nitrogens with one attached hydrogen (secondary N) is 1. The Morgan fingerprint density at radius 1 is 1.38 bits per heavy atom. The van der Waals surface area contributed by atoms with Gasteiger partial charge in [-0.05, 0) is 18.5 Å². The number of benzene rings is 1. The van der Waals surface area contributed by atoms with Crippen molar-refractivity contribution in [1.29, 1.82) is 0 Å². The number of rotatable bonds is 10. The Morgan fingerprint density at radius 3 is 2.71 bits per heavy atom. The summed E-state index contributed by atoms with van der Waals surface area (Å²) in [5.74, 6) is 0. The molecule has 0 saturated heterocycles. The Hall–Kier alpha value is -1.66. The number of methoxy groups -OCH3 is 1. The second kappa shape index (κ2) is 9.31. The van der Waals surface area contributed by atoms with Gasteiger partial charge in [-0.2, -0.15) is 0 Å². The quantitative estimate of drug-likeness (QED) is 0.531. The molecule has 0 saturated carbocycles. The highest BCUT2D eigenvalue weighted by Gasteiger charge is 2.18. The van der Waals surface area contributed by atoms with Gasteiger partial charge in [-0.15, -0.1) is 0 Å². The molecule has 6 heteroatoms. The minimum absolute atomic E-state index is 0.142. The molecule has 0 aromatic heterocycles. The van der Waals surface area contributed by atoms with Crippen LogP contribution in [-0.4, -0.2) is 43.2 Å². The first-order valence-corrected chi connectivity index (χ1v) is 7.35. The van der Waals surface area contributed by atoms with Crippen molar-refractivity contribution in [3.05, 3.63) is 33.9 Å². The van der Waals surface area contributed by atoms with Crippen LogP contribution in [0.4, 0.5) is 11.4 Å². The van der Waals surface area contributed by atoms with Gasteiger partial charge in [-0.3, -0.25) is 15.0 Å². The van der Waals surface area contributed by atoms with Crippen molar-refractivity contribution in [2.24, 2.45) is 0 Å². The molecule has 0 aliphatic carbocycles. The van der Waals surface area contributed by atoms with E-state index in [1.807, 2.05) is 13.0 Å². The van der Waals surface area contributed by atoms with Crippen molar-refractivity contribution in [2.45, 2.75) is 26.8 Å². The molecule has 1 rings (SSSR count). The van der Waals surface area contributed by atoms with E-state index in [0.29, 0.717) is 18.8 Å². The molecule has 0 unspecified atom stereocenters. The molecule has 0 spiro atoms. The molecule has 21 heavy (non-hydrogen) atoms. The van der Waals surface area contributed by atoms with Gasteiger partial charge in [0.25, 0.3) is 5.69 Å². The molecule has 0 fully saturated rings. The fourth-order valence-corrected chi connectivity index (χ4v) is 2.13. The van der Waals surface area contributed by atoms with E-state index in [9.17, 15) is 10.1 Å². The van der Waals surface area contributed by atoms with Gasteiger partial charge in [0.2, 0.25) is 0 Å². The lowest BCUT2D eigenvalue weighted by atomic mass is 10.1. The second-order valence-electron chi connectivity index (χ2n) is 4.86. The van der Waals surface area contributed by atoms with Crippen molar-refractivity contribution < 1.29 is 9.66 Å². The predicted octanol–water partition coefficient (Wildman–Crippen LogP) is 2.89. The number of hydrogen-bond acceptors (Lipinski definition) is 5. The van der Waals surface area contributed by atoms with Crippen LogP contribution >= 0.6 is 0 Å². The molecule has 118 valence electrons. The summed E-state index contributed by atoms with van der Waals surface area (Å²) in [5, 5.41) is 14.4. The lowest BCUT2D eigenvalue weighted by Crippen LogP contribution is -2.27. The van der Waals surface area contributed by atoms with E-state index in [1.54, 1.807) is 19.2 Å². The van der Waals surface area contributed by atoms with Crippen molar-refractivity contribution in [3.8, 4) is 0 Å². The SMILES string of the molecule is CCCNc1c(CN(CC)CCOC)cccc1[N+](=O)[O-]. The normalized spacial score (nSPS) is 10.9. The zero-order valence-electron chi connectivity index (χ0n) is 13.1. The summed E-state index contributed by atoms with van der Waals surface area (Å²) >= 11 is 0. The molecule has 0 aliphatic heterocycles. The average molecular weight is 295 g/mol. The molecule has 0 bridgehead atoms. The fraction of sp³-hybridized carbons (Fsp3) is 0.600. The highest BCUT2D eigenvalue weighted by molar-refractivity contribution is 5.66. The second-order valence-corrected chi connectivity index (χ2v) is 4.86. The summed E-state index contributed by atoms with van der Waals surface area (Å²) in [7, 11) is 1.68. The highest BCUT2D eigenvalue weighted by Crippen LogP contribution is 2.29. The molecular formula is C15H25N3O3. The van der Waals surface area contributed by atoms with Crippen LogP contribution in [0, 0.1) is 10.1 Å². The van der Waals surface area contributed by atoms with Crippen LogP contribution < -0.4 is 5.32 Å². The zero-order valence-corrected chi connectivity index (χ0v) is 13.1. The van der Waals surface area contributed by atoms with Gasteiger partial charge in [0.05, 0.1) is 11.5 Å². The predicted molar refractivity (Wildman–Crippen MR) is 84.7 cm³/mol. The van der Waals surface area contributed by atoms with Crippen molar-refractivity contribution in [2.75, 3.05) is 38.7 Å². The van der Waals surface area contributed by atoms with Crippen LogP contribution in [0.15, 0.2) is 18.2 Å². The van der Waals surface area contributed by atoms with E-state index >= 15 is 0 Å². The third-order valence-electron chi connectivity index (χ3n) is 3.33. The summed E-state index contributed by atoms with van der Waals surface area (Å²) in [5.41, 5.74) is 1.74. The van der Waals surface area contributed by atoms with Gasteiger partial charge in [-0.1, -0.05) is 26.0 Å². The summed E-state index contributed by atoms with van der Waals surface area (Å²) in [6, 6.07) is 5.24. The third-order valence-corrected chi connectivity index (χ3v) is 3.33. The number of nitro groups is 1. The number of likely N-dealkylation sites (N-methyl/N-ethyl adjacent to an activating group) is 1. The zero-order chi connectivity index (χ0) is 15.7. The van der Waals surface area contributed by atoms with Crippen molar-refractivity contribution in [1.82, 2.24) is 4.90 Å². The minimum atomic E-state index is -0.326. The largest absolute Gasteiger partial charge is 0.383 e. The van der Waals surface area contributed by atoms with Gasteiger partial charge >= 0.3 is 0 Å². The first-order chi connectivity index (χ1) is 10.1. The number of nitrogens with zero attached hydrogens (tertiary/aromatic N) is 2. The van der Waals surface area contributed by atoms with Gasteiger partial charge < -0.3 is 10.1 Å². The van der Waals surface area contributed by atoms with Gasteiger partial charge in [0.1, 0.15) is 5.69 Å². The Morgan fingerprint density at radius 2 is 2.14 bits per heavy atom. The summed E-state index contributed by atoms with van der Waals surface area (Å²) in [6.07, 6.45) is 0.923. The maximum atomic E-state index is 11.2. The molecule has 0 amide bonds. The van der Waals surface area contributed by atoms with E-state index in [1.165, 1.54) is 0 Å². The Balaban J connectivity index is 2.97. The van der Waals surface area contributed by atoms with Crippen LogP contribution in [-0.2, 0) is 11.3 Å². The van der Waals surface area contributed by atoms with Gasteiger partial charge in [0, 0.05) is 32.8 Å². The number of hydrogen-bond donors (Lipinski definition) is 1. The third kappa shape index (κ3) is 5.32. The molecular weight excluding hydrogens is 270 g/mol. The average Bonchev–Trinajstić information content (AvgIpc) is 2.49. The lowest BCUT2D eigenvalue weighted by Gasteiger charge is -2.22. The molecule has 6 nitrogen and oxygen atoms in total. The number of anilines is 1.